The van der Waals surface area contributed by atoms with Gasteiger partial charge in [0, 0.05) is 18.8 Å². The van der Waals surface area contributed by atoms with E-state index in [1.165, 1.54) is 16.7 Å². The second kappa shape index (κ2) is 10.6. The molecule has 0 spiro atoms. The first-order valence-corrected chi connectivity index (χ1v) is 9.14. The van der Waals surface area contributed by atoms with Crippen LogP contribution in [0.3, 0.4) is 0 Å². The van der Waals surface area contributed by atoms with Gasteiger partial charge in [-0.05, 0) is 31.5 Å². The summed E-state index contributed by atoms with van der Waals surface area (Å²) in [7, 11) is 0. The van der Waals surface area contributed by atoms with Crippen molar-refractivity contribution in [3.05, 3.63) is 65.2 Å². The topological polar surface area (TPSA) is 62.9 Å². The summed E-state index contributed by atoms with van der Waals surface area (Å²) in [5, 5.41) is 3.17. The highest BCUT2D eigenvalue weighted by atomic mass is 127. The molecule has 0 saturated carbocycles. The quantitative estimate of drug-likeness (QED) is 0.389. The fraction of sp³-hybridized carbons (Fsp3) is 0.381. The van der Waals surface area contributed by atoms with E-state index in [1.54, 1.807) is 0 Å². The van der Waals surface area contributed by atoms with Crippen molar-refractivity contribution in [2.24, 2.45) is 10.7 Å². The highest BCUT2D eigenvalue weighted by molar-refractivity contribution is 14.0. The Balaban J connectivity index is 0.00000261. The van der Waals surface area contributed by atoms with Crippen LogP contribution in [0.15, 0.2) is 53.5 Å². The Morgan fingerprint density at radius 2 is 1.81 bits per heavy atom. The number of ether oxygens (including phenoxy) is 1. The van der Waals surface area contributed by atoms with Gasteiger partial charge in [0.05, 0.1) is 25.8 Å². The van der Waals surface area contributed by atoms with Crippen LogP contribution in [0.2, 0.25) is 0 Å². The average molecular weight is 480 g/mol. The van der Waals surface area contributed by atoms with E-state index in [1.807, 2.05) is 12.1 Å². The van der Waals surface area contributed by atoms with Crippen LogP contribution in [0.4, 0.5) is 5.69 Å². The molecule has 1 unspecified atom stereocenters. The van der Waals surface area contributed by atoms with E-state index < -0.39 is 0 Å². The number of hydrogen-bond acceptors (Lipinski definition) is 3. The van der Waals surface area contributed by atoms with Crippen molar-refractivity contribution in [1.82, 2.24) is 4.90 Å². The maximum atomic E-state index is 6.13. The minimum absolute atomic E-state index is 0. The molecule has 0 aromatic heterocycles. The highest BCUT2D eigenvalue weighted by Crippen LogP contribution is 2.23. The van der Waals surface area contributed by atoms with Crippen molar-refractivity contribution in [3.8, 4) is 0 Å². The van der Waals surface area contributed by atoms with Crippen molar-refractivity contribution in [1.29, 1.82) is 0 Å². The minimum Gasteiger partial charge on any atom is -0.379 e. The number of nitrogens with one attached hydrogen (secondary N) is 1. The Labute approximate surface area is 179 Å². The molecule has 27 heavy (non-hydrogen) atoms. The number of anilines is 1. The molecule has 146 valence electrons. The zero-order chi connectivity index (χ0) is 18.4. The van der Waals surface area contributed by atoms with Crippen LogP contribution in [0.5, 0.6) is 0 Å². The molecule has 2 aromatic carbocycles. The van der Waals surface area contributed by atoms with Gasteiger partial charge in [-0.2, -0.15) is 0 Å². The Hall–Kier alpha value is -1.64. The number of aryl methyl sites for hydroxylation is 2. The lowest BCUT2D eigenvalue weighted by Crippen LogP contribution is -2.40. The third-order valence-corrected chi connectivity index (χ3v) is 4.67. The number of aliphatic imine (C=N–C) groups is 1. The van der Waals surface area contributed by atoms with E-state index in [4.69, 9.17) is 10.5 Å². The third-order valence-electron chi connectivity index (χ3n) is 4.67. The molecular formula is C21H29IN4O. The van der Waals surface area contributed by atoms with Gasteiger partial charge < -0.3 is 15.8 Å². The monoisotopic (exact) mass is 480 g/mol. The molecule has 1 aliphatic heterocycles. The summed E-state index contributed by atoms with van der Waals surface area (Å²) in [5.41, 5.74) is 10.8. The lowest BCUT2D eigenvalue weighted by molar-refractivity contribution is 0.0180. The second-order valence-electron chi connectivity index (χ2n) is 6.80. The van der Waals surface area contributed by atoms with E-state index in [0.717, 1.165) is 32.0 Å². The number of morpholine rings is 1. The van der Waals surface area contributed by atoms with Gasteiger partial charge in [-0.15, -0.1) is 24.0 Å². The molecule has 5 nitrogen and oxygen atoms in total. The first kappa shape index (κ1) is 21.7. The third kappa shape index (κ3) is 6.48. The van der Waals surface area contributed by atoms with Crippen LogP contribution in [0.25, 0.3) is 0 Å². The minimum atomic E-state index is 0. The van der Waals surface area contributed by atoms with Crippen LogP contribution in [0.1, 0.15) is 22.7 Å². The first-order valence-electron chi connectivity index (χ1n) is 9.14. The molecule has 3 N–H and O–H groups in total. The summed E-state index contributed by atoms with van der Waals surface area (Å²) in [6, 6.07) is 17.0. The number of guanidine groups is 1. The fourth-order valence-electron chi connectivity index (χ4n) is 3.21. The van der Waals surface area contributed by atoms with Gasteiger partial charge >= 0.3 is 0 Å². The highest BCUT2D eigenvalue weighted by Gasteiger charge is 2.22. The summed E-state index contributed by atoms with van der Waals surface area (Å²) in [6.07, 6.45) is 0. The van der Waals surface area contributed by atoms with Gasteiger partial charge in [-0.3, -0.25) is 9.89 Å². The van der Waals surface area contributed by atoms with Crippen molar-refractivity contribution < 1.29 is 4.74 Å². The van der Waals surface area contributed by atoms with Gasteiger partial charge in [-0.1, -0.05) is 47.5 Å². The zero-order valence-electron chi connectivity index (χ0n) is 16.0. The largest absolute Gasteiger partial charge is 0.379 e. The molecule has 1 saturated heterocycles. The molecule has 0 radical (unpaired) electrons. The van der Waals surface area contributed by atoms with E-state index in [0.29, 0.717) is 12.5 Å². The lowest BCUT2D eigenvalue weighted by Gasteiger charge is -2.34. The standard InChI is InChI=1S/C21H28N4O.HI/c1-16-6-8-19(9-7-16)24-21(22)23-15-20(25-10-12-26-13-11-25)18-5-3-4-17(2)14-18;/h3-9,14,20H,10-13,15H2,1-2H3,(H3,22,23,24);1H. The van der Waals surface area contributed by atoms with Gasteiger partial charge in [-0.25, -0.2) is 0 Å². The summed E-state index contributed by atoms with van der Waals surface area (Å²) < 4.78 is 5.51. The predicted molar refractivity (Wildman–Crippen MR) is 123 cm³/mol. The van der Waals surface area contributed by atoms with Crippen LogP contribution in [-0.4, -0.2) is 43.7 Å². The van der Waals surface area contributed by atoms with Crippen molar-refractivity contribution in [2.75, 3.05) is 38.2 Å². The number of benzene rings is 2. The molecule has 0 bridgehead atoms. The maximum Gasteiger partial charge on any atom is 0.193 e. The first-order chi connectivity index (χ1) is 12.6. The molecule has 1 aliphatic rings. The smallest absolute Gasteiger partial charge is 0.193 e. The molecule has 1 fully saturated rings. The number of nitrogens with two attached hydrogens (primary N) is 1. The van der Waals surface area contributed by atoms with Gasteiger partial charge in [0.1, 0.15) is 0 Å². The number of halogens is 1. The summed E-state index contributed by atoms with van der Waals surface area (Å²) in [5.74, 6) is 0.444. The Bertz CT molecular complexity index is 742. The van der Waals surface area contributed by atoms with Gasteiger partial charge in [0.2, 0.25) is 0 Å². The molecule has 3 rings (SSSR count). The number of nitrogens with zero attached hydrogens (tertiary/aromatic N) is 2. The molecule has 1 atom stereocenters. The van der Waals surface area contributed by atoms with Crippen LogP contribution >= 0.6 is 24.0 Å². The Kier molecular flexibility index (Phi) is 8.53. The molecule has 6 heteroatoms. The normalized spacial score (nSPS) is 16.4. The SMILES string of the molecule is Cc1ccc(NC(N)=NCC(c2cccc(C)c2)N2CCOCC2)cc1.I. The second-order valence-corrected chi connectivity index (χ2v) is 6.80. The van der Waals surface area contributed by atoms with Gasteiger partial charge in [0.15, 0.2) is 5.96 Å². The molecular weight excluding hydrogens is 451 g/mol. The Morgan fingerprint density at radius 3 is 2.48 bits per heavy atom. The van der Waals surface area contributed by atoms with Crippen LogP contribution in [-0.2, 0) is 4.74 Å². The summed E-state index contributed by atoms with van der Waals surface area (Å²) in [4.78, 5) is 7.06. The predicted octanol–water partition coefficient (Wildman–Crippen LogP) is 3.72. The summed E-state index contributed by atoms with van der Waals surface area (Å²) >= 11 is 0. The van der Waals surface area contributed by atoms with Crippen molar-refractivity contribution >= 4 is 35.6 Å². The zero-order valence-corrected chi connectivity index (χ0v) is 18.4. The number of hydrogen-bond donors (Lipinski definition) is 2. The van der Waals surface area contributed by atoms with E-state index in [-0.39, 0.29) is 30.0 Å². The fourth-order valence-corrected chi connectivity index (χ4v) is 3.21. The van der Waals surface area contributed by atoms with Crippen molar-refractivity contribution in [3.63, 3.8) is 0 Å². The van der Waals surface area contributed by atoms with E-state index in [9.17, 15) is 0 Å². The molecule has 0 amide bonds. The lowest BCUT2D eigenvalue weighted by atomic mass is 10.0. The average Bonchev–Trinajstić information content (AvgIpc) is 2.65. The van der Waals surface area contributed by atoms with Crippen LogP contribution < -0.4 is 11.1 Å². The van der Waals surface area contributed by atoms with Crippen molar-refractivity contribution in [2.45, 2.75) is 19.9 Å². The Morgan fingerprint density at radius 1 is 1.11 bits per heavy atom. The number of rotatable bonds is 5. The molecule has 1 heterocycles. The van der Waals surface area contributed by atoms with E-state index in [2.05, 4.69) is 65.5 Å². The van der Waals surface area contributed by atoms with Gasteiger partial charge in [0.25, 0.3) is 0 Å². The molecule has 0 aliphatic carbocycles. The van der Waals surface area contributed by atoms with E-state index >= 15 is 0 Å². The molecule has 2 aromatic rings. The van der Waals surface area contributed by atoms with Crippen LogP contribution in [0, 0.1) is 13.8 Å². The maximum absolute atomic E-state index is 6.13. The summed E-state index contributed by atoms with van der Waals surface area (Å²) in [6.45, 7) is 8.17.